The molecule has 0 atom stereocenters. The zero-order valence-electron chi connectivity index (χ0n) is 23.5. The van der Waals surface area contributed by atoms with Crippen molar-refractivity contribution in [3.63, 3.8) is 0 Å². The van der Waals surface area contributed by atoms with Crippen LogP contribution in [0.15, 0.2) is 72.8 Å². The fraction of sp³-hybridized carbons (Fsp3) is 0.394. The van der Waals surface area contributed by atoms with Crippen molar-refractivity contribution in [2.75, 3.05) is 19.8 Å². The van der Waals surface area contributed by atoms with Gasteiger partial charge in [0, 0.05) is 0 Å². The summed E-state index contributed by atoms with van der Waals surface area (Å²) in [6, 6.07) is 22.3. The molecule has 39 heavy (non-hydrogen) atoms. The van der Waals surface area contributed by atoms with Gasteiger partial charge in [0.15, 0.2) is 0 Å². The molecule has 0 aromatic heterocycles. The van der Waals surface area contributed by atoms with Crippen molar-refractivity contribution in [1.82, 2.24) is 0 Å². The van der Waals surface area contributed by atoms with Crippen LogP contribution in [0, 0.1) is 5.41 Å². The number of ether oxygens (including phenoxy) is 4. The van der Waals surface area contributed by atoms with Crippen LogP contribution in [0.1, 0.15) is 70.2 Å². The lowest BCUT2D eigenvalue weighted by molar-refractivity contribution is -0.154. The van der Waals surface area contributed by atoms with Gasteiger partial charge < -0.3 is 18.9 Å². The molecule has 3 aromatic carbocycles. The second-order valence-electron chi connectivity index (χ2n) is 10.1. The maximum absolute atomic E-state index is 12.6. The number of hydrogen-bond donors (Lipinski definition) is 0. The van der Waals surface area contributed by atoms with Gasteiger partial charge in [-0.1, -0.05) is 44.5 Å². The fourth-order valence-corrected chi connectivity index (χ4v) is 3.55. The van der Waals surface area contributed by atoms with Crippen molar-refractivity contribution in [2.24, 2.45) is 5.41 Å². The number of esters is 2. The van der Waals surface area contributed by atoms with Gasteiger partial charge in [0.25, 0.3) is 0 Å². The van der Waals surface area contributed by atoms with Crippen molar-refractivity contribution < 1.29 is 28.5 Å². The topological polar surface area (TPSA) is 71.1 Å². The van der Waals surface area contributed by atoms with Crippen molar-refractivity contribution >= 4 is 11.9 Å². The monoisotopic (exact) mass is 532 g/mol. The molecule has 3 rings (SSSR count). The van der Waals surface area contributed by atoms with E-state index in [1.165, 1.54) is 0 Å². The van der Waals surface area contributed by atoms with E-state index in [1.54, 1.807) is 36.4 Å². The van der Waals surface area contributed by atoms with E-state index in [-0.39, 0.29) is 5.97 Å². The van der Waals surface area contributed by atoms with E-state index in [9.17, 15) is 9.59 Å². The third kappa shape index (κ3) is 9.47. The van der Waals surface area contributed by atoms with E-state index in [0.717, 1.165) is 55.6 Å². The number of hydrogen-bond acceptors (Lipinski definition) is 6. The normalized spacial score (nSPS) is 11.1. The van der Waals surface area contributed by atoms with E-state index >= 15 is 0 Å². The zero-order valence-corrected chi connectivity index (χ0v) is 23.5. The summed E-state index contributed by atoms with van der Waals surface area (Å²) in [7, 11) is 0. The molecule has 0 unspecified atom stereocenters. The smallest absolute Gasteiger partial charge is 0.343 e. The molecule has 208 valence electrons. The summed E-state index contributed by atoms with van der Waals surface area (Å²) in [5, 5.41) is 0. The molecule has 0 aliphatic heterocycles. The van der Waals surface area contributed by atoms with Crippen LogP contribution in [0.2, 0.25) is 0 Å². The van der Waals surface area contributed by atoms with E-state index in [4.69, 9.17) is 18.9 Å². The summed E-state index contributed by atoms with van der Waals surface area (Å²) >= 11 is 0. The van der Waals surface area contributed by atoms with Crippen LogP contribution in [0.25, 0.3) is 11.1 Å². The number of carbonyl (C=O) groups is 2. The first-order valence-corrected chi connectivity index (χ1v) is 13.8. The number of unbranched alkanes of at least 4 members (excludes halogenated alkanes) is 2. The van der Waals surface area contributed by atoms with Gasteiger partial charge in [0.05, 0.1) is 30.8 Å². The largest absolute Gasteiger partial charge is 0.494 e. The summed E-state index contributed by atoms with van der Waals surface area (Å²) in [4.78, 5) is 24.6. The Hall–Kier alpha value is -3.80. The van der Waals surface area contributed by atoms with Crippen molar-refractivity contribution in [3.8, 4) is 28.4 Å². The average Bonchev–Trinajstić information content (AvgIpc) is 2.96. The highest BCUT2D eigenvalue weighted by molar-refractivity contribution is 5.91. The van der Waals surface area contributed by atoms with E-state index in [0.29, 0.717) is 30.3 Å². The van der Waals surface area contributed by atoms with Crippen molar-refractivity contribution in [2.45, 2.75) is 59.8 Å². The highest BCUT2D eigenvalue weighted by Gasteiger charge is 2.26. The second kappa shape index (κ2) is 15.0. The van der Waals surface area contributed by atoms with Gasteiger partial charge in [0.1, 0.15) is 17.2 Å². The lowest BCUT2D eigenvalue weighted by Gasteiger charge is -2.20. The molecule has 0 amide bonds. The molecular weight excluding hydrogens is 492 g/mol. The highest BCUT2D eigenvalue weighted by Crippen LogP contribution is 2.26. The summed E-state index contributed by atoms with van der Waals surface area (Å²) in [5.74, 6) is 1.42. The fourth-order valence-electron chi connectivity index (χ4n) is 3.55. The minimum absolute atomic E-state index is 0.164. The quantitative estimate of drug-likeness (QED) is 0.113. The van der Waals surface area contributed by atoms with Crippen LogP contribution in [0.4, 0.5) is 0 Å². The Balaban J connectivity index is 1.41. The Morgan fingerprint density at radius 2 is 1.13 bits per heavy atom. The molecule has 0 fully saturated rings. The molecule has 0 saturated heterocycles. The van der Waals surface area contributed by atoms with Gasteiger partial charge >= 0.3 is 11.9 Å². The molecule has 0 saturated carbocycles. The Bertz CT molecular complexity index is 1160. The SMILES string of the molecule is CCCCOc1ccc(-c2ccc(OC(=O)c3ccc(OCCCCOC(=O)C(C)(C)CC)cc3)cc2)cc1. The minimum atomic E-state index is -0.445. The number of rotatable bonds is 15. The van der Waals surface area contributed by atoms with Gasteiger partial charge in [-0.3, -0.25) is 4.79 Å². The van der Waals surface area contributed by atoms with Gasteiger partial charge in [-0.2, -0.15) is 0 Å². The van der Waals surface area contributed by atoms with E-state index in [2.05, 4.69) is 6.92 Å². The maximum atomic E-state index is 12.6. The molecule has 0 N–H and O–H groups in total. The first-order valence-electron chi connectivity index (χ1n) is 13.8. The summed E-state index contributed by atoms with van der Waals surface area (Å²) < 4.78 is 22.3. The number of carbonyl (C=O) groups excluding carboxylic acids is 2. The van der Waals surface area contributed by atoms with Crippen molar-refractivity contribution in [1.29, 1.82) is 0 Å². The second-order valence-corrected chi connectivity index (χ2v) is 10.1. The molecule has 0 spiro atoms. The first kappa shape index (κ1) is 29.8. The van der Waals surface area contributed by atoms with Crippen LogP contribution in [0.3, 0.4) is 0 Å². The summed E-state index contributed by atoms with van der Waals surface area (Å²) in [5.41, 5.74) is 2.08. The molecule has 0 aliphatic rings. The molecule has 0 radical (unpaired) electrons. The highest BCUT2D eigenvalue weighted by atomic mass is 16.5. The zero-order chi connectivity index (χ0) is 28.1. The van der Waals surface area contributed by atoms with Crippen LogP contribution < -0.4 is 14.2 Å². The van der Waals surface area contributed by atoms with Gasteiger partial charge in [-0.15, -0.1) is 0 Å². The van der Waals surface area contributed by atoms with Gasteiger partial charge in [0.2, 0.25) is 0 Å². The molecule has 6 heteroatoms. The molecule has 0 aliphatic carbocycles. The molecule has 3 aromatic rings. The Morgan fingerprint density at radius 3 is 1.67 bits per heavy atom. The third-order valence-electron chi connectivity index (χ3n) is 6.59. The molecule has 0 bridgehead atoms. The van der Waals surface area contributed by atoms with Crippen molar-refractivity contribution in [3.05, 3.63) is 78.4 Å². The average molecular weight is 533 g/mol. The molecule has 6 nitrogen and oxygen atoms in total. The third-order valence-corrected chi connectivity index (χ3v) is 6.59. The van der Waals surface area contributed by atoms with Crippen LogP contribution in [-0.2, 0) is 9.53 Å². The predicted molar refractivity (Wildman–Crippen MR) is 153 cm³/mol. The van der Waals surface area contributed by atoms with Crippen LogP contribution >= 0.6 is 0 Å². The molecule has 0 heterocycles. The molecular formula is C33H40O6. The van der Waals surface area contributed by atoms with E-state index in [1.807, 2.05) is 57.2 Å². The lowest BCUT2D eigenvalue weighted by atomic mass is 9.91. The summed E-state index contributed by atoms with van der Waals surface area (Å²) in [6.45, 7) is 9.51. The van der Waals surface area contributed by atoms with Crippen LogP contribution in [0.5, 0.6) is 17.2 Å². The van der Waals surface area contributed by atoms with E-state index < -0.39 is 11.4 Å². The number of benzene rings is 3. The van der Waals surface area contributed by atoms with Gasteiger partial charge in [-0.05, 0) is 99.2 Å². The maximum Gasteiger partial charge on any atom is 0.343 e. The summed E-state index contributed by atoms with van der Waals surface area (Å²) in [6.07, 6.45) is 4.38. The predicted octanol–water partition coefficient (Wildman–Crippen LogP) is 7.89. The minimum Gasteiger partial charge on any atom is -0.494 e. The Kier molecular flexibility index (Phi) is 11.4. The standard InChI is InChI=1S/C33H40O6/c1-5-7-22-36-28-16-10-25(11-17-28)26-12-20-30(21-13-26)39-31(34)27-14-18-29(19-15-27)37-23-8-9-24-38-32(35)33(3,4)6-2/h10-21H,5-9,22-24H2,1-4H3. The first-order chi connectivity index (χ1) is 18.8. The van der Waals surface area contributed by atoms with Gasteiger partial charge in [-0.25, -0.2) is 4.79 Å². The Morgan fingerprint density at radius 1 is 0.641 bits per heavy atom. The lowest BCUT2D eigenvalue weighted by Crippen LogP contribution is -2.26. The Labute approximate surface area is 232 Å². The van der Waals surface area contributed by atoms with Crippen LogP contribution in [-0.4, -0.2) is 31.8 Å².